The molecular formula is C11H21O5P. The minimum absolute atomic E-state index is 0.237. The van der Waals surface area contributed by atoms with Gasteiger partial charge in [-0.25, -0.2) is 0 Å². The van der Waals surface area contributed by atoms with Gasteiger partial charge in [-0.3, -0.25) is 9.36 Å². The fourth-order valence-electron chi connectivity index (χ4n) is 0.994. The topological polar surface area (TPSA) is 61.8 Å². The number of esters is 1. The Hall–Kier alpha value is -0.640. The predicted octanol–water partition coefficient (Wildman–Crippen LogP) is 3.11. The van der Waals surface area contributed by atoms with Gasteiger partial charge in [-0.1, -0.05) is 6.08 Å². The van der Waals surface area contributed by atoms with Crippen LogP contribution in [0.2, 0.25) is 0 Å². The fourth-order valence-corrected chi connectivity index (χ4v) is 1.79. The van der Waals surface area contributed by atoms with Crippen molar-refractivity contribution in [1.82, 2.24) is 0 Å². The maximum absolute atomic E-state index is 11.6. The zero-order valence-electron chi connectivity index (χ0n) is 11.1. The summed E-state index contributed by atoms with van der Waals surface area (Å²) >= 11 is 0. The summed E-state index contributed by atoms with van der Waals surface area (Å²) in [5.74, 6) is 1.06. The van der Waals surface area contributed by atoms with Crippen molar-refractivity contribution in [1.29, 1.82) is 0 Å². The predicted molar refractivity (Wildman–Crippen MR) is 65.8 cm³/mol. The number of hydrogen-bond acceptors (Lipinski definition) is 5. The van der Waals surface area contributed by atoms with Crippen LogP contribution in [0.3, 0.4) is 0 Å². The Morgan fingerprint density at radius 1 is 1.24 bits per heavy atom. The molecule has 0 amide bonds. The van der Waals surface area contributed by atoms with Crippen molar-refractivity contribution in [3.63, 3.8) is 0 Å². The Bertz CT molecular complexity index is 308. The van der Waals surface area contributed by atoms with Gasteiger partial charge in [-0.05, 0) is 27.2 Å². The van der Waals surface area contributed by atoms with E-state index in [4.69, 9.17) is 13.8 Å². The van der Waals surface area contributed by atoms with E-state index in [1.807, 2.05) is 20.8 Å². The Morgan fingerprint density at radius 2 is 1.76 bits per heavy atom. The first kappa shape index (κ1) is 16.4. The van der Waals surface area contributed by atoms with Gasteiger partial charge in [0.15, 0.2) is 0 Å². The van der Waals surface area contributed by atoms with E-state index in [0.29, 0.717) is 6.42 Å². The third-order valence-corrected chi connectivity index (χ3v) is 3.33. The van der Waals surface area contributed by atoms with Crippen molar-refractivity contribution >= 4 is 13.6 Å². The van der Waals surface area contributed by atoms with Crippen LogP contribution in [-0.2, 0) is 23.1 Å². The molecule has 0 aromatic rings. The lowest BCUT2D eigenvalue weighted by molar-refractivity contribution is -0.154. The lowest BCUT2D eigenvalue weighted by Crippen LogP contribution is -2.23. The zero-order chi connectivity index (χ0) is 13.5. The van der Waals surface area contributed by atoms with Crippen molar-refractivity contribution in [3.05, 3.63) is 11.9 Å². The third-order valence-electron chi connectivity index (χ3n) is 1.73. The highest BCUT2D eigenvalue weighted by Crippen LogP contribution is 2.47. The van der Waals surface area contributed by atoms with Crippen molar-refractivity contribution in [2.24, 2.45) is 0 Å². The molecule has 0 aromatic carbocycles. The van der Waals surface area contributed by atoms with Crippen molar-refractivity contribution in [2.45, 2.75) is 39.2 Å². The number of hydrogen-bond donors (Lipinski definition) is 0. The maximum Gasteiger partial charge on any atom is 0.353 e. The van der Waals surface area contributed by atoms with Gasteiger partial charge in [0.1, 0.15) is 5.60 Å². The van der Waals surface area contributed by atoms with Gasteiger partial charge >= 0.3 is 13.6 Å². The van der Waals surface area contributed by atoms with Gasteiger partial charge in [-0.2, -0.15) is 0 Å². The lowest BCUT2D eigenvalue weighted by atomic mass is 10.2. The zero-order valence-corrected chi connectivity index (χ0v) is 12.0. The van der Waals surface area contributed by atoms with Crippen LogP contribution in [0.25, 0.3) is 0 Å². The van der Waals surface area contributed by atoms with Gasteiger partial charge < -0.3 is 13.8 Å². The largest absolute Gasteiger partial charge is 0.460 e. The summed E-state index contributed by atoms with van der Waals surface area (Å²) in [5.41, 5.74) is -0.477. The molecule has 0 bridgehead atoms. The molecule has 0 saturated carbocycles. The molecule has 0 aliphatic carbocycles. The molecule has 0 radical (unpaired) electrons. The van der Waals surface area contributed by atoms with Gasteiger partial charge in [0.25, 0.3) is 0 Å². The normalized spacial score (nSPS) is 13.0. The highest BCUT2D eigenvalue weighted by Gasteiger charge is 2.17. The van der Waals surface area contributed by atoms with E-state index in [1.165, 1.54) is 20.0 Å². The van der Waals surface area contributed by atoms with Crippen LogP contribution in [0.5, 0.6) is 0 Å². The van der Waals surface area contributed by atoms with Crippen molar-refractivity contribution in [3.8, 4) is 0 Å². The van der Waals surface area contributed by atoms with E-state index in [0.717, 1.165) is 0 Å². The molecule has 0 spiro atoms. The fraction of sp³-hybridized carbons (Fsp3) is 0.727. The summed E-state index contributed by atoms with van der Waals surface area (Å²) in [5, 5.41) is 0. The van der Waals surface area contributed by atoms with E-state index >= 15 is 0 Å². The highest BCUT2D eigenvalue weighted by molar-refractivity contribution is 7.57. The molecule has 0 aliphatic rings. The van der Waals surface area contributed by atoms with E-state index in [2.05, 4.69) is 0 Å². The SMILES string of the molecule is COP(=O)(/C=C/CCC(=O)OC(C)(C)C)OC. The van der Waals surface area contributed by atoms with E-state index in [1.54, 1.807) is 6.08 Å². The number of ether oxygens (including phenoxy) is 1. The molecule has 0 heterocycles. The molecule has 100 valence electrons. The van der Waals surface area contributed by atoms with E-state index in [-0.39, 0.29) is 12.4 Å². The van der Waals surface area contributed by atoms with Gasteiger partial charge in [-0.15, -0.1) is 0 Å². The molecule has 17 heavy (non-hydrogen) atoms. The summed E-state index contributed by atoms with van der Waals surface area (Å²) in [6.07, 6.45) is 2.27. The van der Waals surface area contributed by atoms with Crippen LogP contribution < -0.4 is 0 Å². The average Bonchev–Trinajstić information content (AvgIpc) is 2.21. The van der Waals surface area contributed by atoms with Crippen LogP contribution in [0.1, 0.15) is 33.6 Å². The molecule has 5 nitrogen and oxygen atoms in total. The lowest BCUT2D eigenvalue weighted by Gasteiger charge is -2.19. The molecule has 0 rings (SSSR count). The Morgan fingerprint density at radius 3 is 2.18 bits per heavy atom. The summed E-state index contributed by atoms with van der Waals surface area (Å²) in [4.78, 5) is 11.3. The molecule has 0 fully saturated rings. The second-order valence-corrected chi connectivity index (χ2v) is 6.52. The molecule has 0 N–H and O–H groups in total. The number of carbonyl (C=O) groups excluding carboxylic acids is 1. The summed E-state index contributed by atoms with van der Waals surface area (Å²) in [6.45, 7) is 5.43. The first-order chi connectivity index (χ1) is 7.72. The molecule has 0 unspecified atom stereocenters. The van der Waals surface area contributed by atoms with Crippen LogP contribution in [0.4, 0.5) is 0 Å². The first-order valence-electron chi connectivity index (χ1n) is 5.33. The quantitative estimate of drug-likeness (QED) is 0.545. The molecular weight excluding hydrogens is 243 g/mol. The Kier molecular flexibility index (Phi) is 6.68. The minimum atomic E-state index is -3.11. The standard InChI is InChI=1S/C11H21O5P/c1-11(2,3)16-10(12)8-6-7-9-17(13,14-4)15-5/h7,9H,6,8H2,1-5H3/b9-7+. The third kappa shape index (κ3) is 8.13. The summed E-state index contributed by atoms with van der Waals surface area (Å²) in [6, 6.07) is 0. The molecule has 0 aliphatic heterocycles. The second kappa shape index (κ2) is 6.94. The Labute approximate surface area is 103 Å². The van der Waals surface area contributed by atoms with Gasteiger partial charge in [0.2, 0.25) is 0 Å². The Balaban J connectivity index is 4.04. The maximum atomic E-state index is 11.6. The molecule has 0 saturated heterocycles. The van der Waals surface area contributed by atoms with Crippen molar-refractivity contribution in [2.75, 3.05) is 14.2 Å². The minimum Gasteiger partial charge on any atom is -0.460 e. The van der Waals surface area contributed by atoms with Gasteiger partial charge in [0.05, 0.1) is 0 Å². The monoisotopic (exact) mass is 264 g/mol. The van der Waals surface area contributed by atoms with Crippen LogP contribution >= 0.6 is 7.60 Å². The van der Waals surface area contributed by atoms with Crippen LogP contribution in [0.15, 0.2) is 11.9 Å². The second-order valence-electron chi connectivity index (χ2n) is 4.41. The average molecular weight is 264 g/mol. The molecule has 0 atom stereocenters. The van der Waals surface area contributed by atoms with Gasteiger partial charge in [0, 0.05) is 26.5 Å². The number of carbonyl (C=O) groups is 1. The van der Waals surface area contributed by atoms with Crippen LogP contribution in [-0.4, -0.2) is 25.8 Å². The van der Waals surface area contributed by atoms with E-state index in [9.17, 15) is 9.36 Å². The first-order valence-corrected chi connectivity index (χ1v) is 6.94. The van der Waals surface area contributed by atoms with E-state index < -0.39 is 13.2 Å². The molecule has 0 aromatic heterocycles. The summed E-state index contributed by atoms with van der Waals surface area (Å²) < 4.78 is 26.1. The smallest absolute Gasteiger partial charge is 0.353 e. The molecule has 6 heteroatoms. The van der Waals surface area contributed by atoms with Crippen LogP contribution in [0, 0.1) is 0 Å². The highest BCUT2D eigenvalue weighted by atomic mass is 31.2. The number of rotatable bonds is 6. The van der Waals surface area contributed by atoms with Crippen molar-refractivity contribution < 1.29 is 23.1 Å². The summed E-state index contributed by atoms with van der Waals surface area (Å²) in [7, 11) is -0.499. The number of allylic oxidation sites excluding steroid dienone is 1.